The Morgan fingerprint density at radius 2 is 1.86 bits per heavy atom. The molecule has 0 atom stereocenters. The largest absolute Gasteiger partial charge is 0.385 e. The fraction of sp³-hybridized carbons (Fsp3) is 0.259. The Kier molecular flexibility index (Phi) is 7.30. The Morgan fingerprint density at radius 1 is 1.08 bits per heavy atom. The number of para-hydroxylation sites is 1. The number of rotatable bonds is 8. The molecule has 0 aliphatic carbocycles. The molecule has 36 heavy (non-hydrogen) atoms. The lowest BCUT2D eigenvalue weighted by atomic mass is 10.0. The molecule has 9 heteroatoms. The topological polar surface area (TPSA) is 110 Å². The molecule has 0 spiro atoms. The third-order valence-corrected chi connectivity index (χ3v) is 6.20. The summed E-state index contributed by atoms with van der Waals surface area (Å²) in [6.07, 6.45) is 3.90. The molecule has 2 heterocycles. The van der Waals surface area contributed by atoms with E-state index in [2.05, 4.69) is 10.6 Å². The zero-order valence-corrected chi connectivity index (χ0v) is 20.5. The minimum absolute atomic E-state index is 0.0733. The first kappa shape index (κ1) is 24.9. The molecule has 0 bridgehead atoms. The zero-order chi connectivity index (χ0) is 25.8. The summed E-state index contributed by atoms with van der Waals surface area (Å²) in [6, 6.07) is 11.9. The Balaban J connectivity index is 1.68. The van der Waals surface area contributed by atoms with Crippen LogP contribution in [0, 0.1) is 13.8 Å². The zero-order valence-electron chi connectivity index (χ0n) is 20.5. The molecule has 1 aromatic heterocycles. The molecule has 1 fully saturated rings. The highest BCUT2D eigenvalue weighted by Crippen LogP contribution is 2.29. The van der Waals surface area contributed by atoms with Gasteiger partial charge in [-0.1, -0.05) is 30.3 Å². The number of aryl methyl sites for hydroxylation is 1. The van der Waals surface area contributed by atoms with E-state index < -0.39 is 17.8 Å². The van der Waals surface area contributed by atoms with Crippen LogP contribution in [-0.4, -0.2) is 48.6 Å². The van der Waals surface area contributed by atoms with Crippen LogP contribution in [-0.2, 0) is 25.7 Å². The van der Waals surface area contributed by atoms with Crippen molar-refractivity contribution >= 4 is 46.4 Å². The van der Waals surface area contributed by atoms with Gasteiger partial charge in [0.15, 0.2) is 0 Å². The highest BCUT2D eigenvalue weighted by Gasteiger charge is 2.37. The second-order valence-electron chi connectivity index (χ2n) is 8.60. The lowest BCUT2D eigenvalue weighted by Crippen LogP contribution is -2.54. The van der Waals surface area contributed by atoms with Gasteiger partial charge in [-0.15, -0.1) is 0 Å². The molecular formula is C27H28N4O5. The van der Waals surface area contributed by atoms with Crippen LogP contribution in [0.25, 0.3) is 17.0 Å². The monoisotopic (exact) mass is 488 g/mol. The summed E-state index contributed by atoms with van der Waals surface area (Å²) in [5, 5.41) is 5.90. The number of barbiturate groups is 1. The molecule has 186 valence electrons. The van der Waals surface area contributed by atoms with Crippen molar-refractivity contribution in [2.75, 3.05) is 25.2 Å². The van der Waals surface area contributed by atoms with Gasteiger partial charge in [0.25, 0.3) is 11.8 Å². The number of fused-ring (bicyclic) bond motifs is 1. The van der Waals surface area contributed by atoms with Crippen LogP contribution in [0.4, 0.5) is 10.5 Å². The van der Waals surface area contributed by atoms with Crippen molar-refractivity contribution in [2.24, 2.45) is 0 Å². The molecule has 0 saturated carbocycles. The van der Waals surface area contributed by atoms with E-state index in [1.165, 1.54) is 6.08 Å². The fourth-order valence-corrected chi connectivity index (χ4v) is 4.19. The van der Waals surface area contributed by atoms with E-state index in [1.807, 2.05) is 44.2 Å². The first-order valence-corrected chi connectivity index (χ1v) is 11.6. The van der Waals surface area contributed by atoms with E-state index >= 15 is 0 Å². The van der Waals surface area contributed by atoms with Crippen molar-refractivity contribution < 1.29 is 23.9 Å². The number of carbonyl (C=O) groups is 4. The second kappa shape index (κ2) is 10.6. The van der Waals surface area contributed by atoms with Gasteiger partial charge in [-0.3, -0.25) is 19.7 Å². The number of nitrogens with one attached hydrogen (secondary N) is 2. The van der Waals surface area contributed by atoms with E-state index in [-0.39, 0.29) is 18.0 Å². The number of hydrogen-bond acceptors (Lipinski definition) is 5. The molecule has 1 saturated heterocycles. The van der Waals surface area contributed by atoms with Gasteiger partial charge in [0, 0.05) is 42.9 Å². The van der Waals surface area contributed by atoms with Gasteiger partial charge >= 0.3 is 6.03 Å². The summed E-state index contributed by atoms with van der Waals surface area (Å²) in [5.41, 5.74) is 3.31. The van der Waals surface area contributed by atoms with Crippen molar-refractivity contribution in [3.8, 4) is 0 Å². The normalized spacial score (nSPS) is 15.0. The smallest absolute Gasteiger partial charge is 0.335 e. The van der Waals surface area contributed by atoms with Gasteiger partial charge in [0.1, 0.15) is 12.1 Å². The first-order chi connectivity index (χ1) is 17.3. The molecule has 1 aliphatic rings. The SMILES string of the molecule is COCCCNC(=O)Cn1cc(C=C2C(=O)NC(=O)N(c3cccc(C)c3C)C2=O)c2ccccc21. The Hall–Kier alpha value is -4.24. The number of aromatic nitrogens is 1. The van der Waals surface area contributed by atoms with E-state index in [0.717, 1.165) is 26.9 Å². The molecular weight excluding hydrogens is 460 g/mol. The summed E-state index contributed by atoms with van der Waals surface area (Å²) in [5.74, 6) is -1.63. The van der Waals surface area contributed by atoms with Gasteiger partial charge in [-0.25, -0.2) is 9.69 Å². The first-order valence-electron chi connectivity index (χ1n) is 11.6. The summed E-state index contributed by atoms with van der Waals surface area (Å²) in [4.78, 5) is 52.2. The van der Waals surface area contributed by atoms with Gasteiger partial charge in [-0.2, -0.15) is 0 Å². The molecule has 3 aromatic rings. The van der Waals surface area contributed by atoms with E-state index in [0.29, 0.717) is 30.8 Å². The van der Waals surface area contributed by atoms with E-state index in [1.54, 1.807) is 30.0 Å². The maximum Gasteiger partial charge on any atom is 0.335 e. The Labute approximate surface area is 208 Å². The number of carbonyl (C=O) groups excluding carboxylic acids is 4. The predicted molar refractivity (Wildman–Crippen MR) is 136 cm³/mol. The lowest BCUT2D eigenvalue weighted by Gasteiger charge is -2.28. The number of nitrogens with zero attached hydrogens (tertiary/aromatic N) is 2. The molecule has 2 N–H and O–H groups in total. The van der Waals surface area contributed by atoms with Crippen LogP contribution in [0.2, 0.25) is 0 Å². The molecule has 1 aliphatic heterocycles. The Morgan fingerprint density at radius 3 is 2.64 bits per heavy atom. The minimum atomic E-state index is -0.788. The number of urea groups is 1. The molecule has 2 aromatic carbocycles. The van der Waals surface area contributed by atoms with Crippen LogP contribution >= 0.6 is 0 Å². The number of methoxy groups -OCH3 is 1. The van der Waals surface area contributed by atoms with Gasteiger partial charge in [0.05, 0.1) is 5.69 Å². The van der Waals surface area contributed by atoms with Crippen LogP contribution in [0.1, 0.15) is 23.1 Å². The van der Waals surface area contributed by atoms with Crippen LogP contribution < -0.4 is 15.5 Å². The lowest BCUT2D eigenvalue weighted by molar-refractivity contribution is -0.123. The fourth-order valence-electron chi connectivity index (χ4n) is 4.19. The van der Waals surface area contributed by atoms with Crippen LogP contribution in [0.15, 0.2) is 54.2 Å². The predicted octanol–water partition coefficient (Wildman–Crippen LogP) is 3.08. The van der Waals surface area contributed by atoms with E-state index in [9.17, 15) is 19.2 Å². The average Bonchev–Trinajstić information content (AvgIpc) is 3.19. The van der Waals surface area contributed by atoms with Crippen molar-refractivity contribution in [3.63, 3.8) is 0 Å². The number of benzene rings is 2. The number of imide groups is 2. The minimum Gasteiger partial charge on any atom is -0.385 e. The van der Waals surface area contributed by atoms with Gasteiger partial charge in [0.2, 0.25) is 5.91 Å². The average molecular weight is 489 g/mol. The summed E-state index contributed by atoms with van der Waals surface area (Å²) < 4.78 is 6.77. The van der Waals surface area contributed by atoms with E-state index in [4.69, 9.17) is 4.74 Å². The summed E-state index contributed by atoms with van der Waals surface area (Å²) in [7, 11) is 1.61. The van der Waals surface area contributed by atoms with Crippen molar-refractivity contribution in [2.45, 2.75) is 26.8 Å². The molecule has 0 unspecified atom stereocenters. The summed E-state index contributed by atoms with van der Waals surface area (Å²) in [6.45, 7) is 4.83. The van der Waals surface area contributed by atoms with Gasteiger partial charge in [-0.05, 0) is 49.6 Å². The quantitative estimate of drug-likeness (QED) is 0.288. The highest BCUT2D eigenvalue weighted by atomic mass is 16.5. The molecule has 0 radical (unpaired) electrons. The molecule has 5 amide bonds. The second-order valence-corrected chi connectivity index (χ2v) is 8.60. The molecule has 4 rings (SSSR count). The standard InChI is InChI=1S/C27H28N4O5/c1-17-8-6-11-22(18(17)2)31-26(34)21(25(33)29-27(31)35)14-19-15-30(23-10-5-4-9-20(19)23)16-24(32)28-12-7-13-36-3/h4-6,8-11,14-15H,7,12-13,16H2,1-3H3,(H,28,32)(H,29,33,35). The summed E-state index contributed by atoms with van der Waals surface area (Å²) >= 11 is 0. The number of hydrogen-bond donors (Lipinski definition) is 2. The maximum absolute atomic E-state index is 13.4. The third-order valence-electron chi connectivity index (χ3n) is 6.20. The van der Waals surface area contributed by atoms with Crippen LogP contribution in [0.5, 0.6) is 0 Å². The van der Waals surface area contributed by atoms with Gasteiger partial charge < -0.3 is 14.6 Å². The Bertz CT molecular complexity index is 1390. The highest BCUT2D eigenvalue weighted by molar-refractivity contribution is 6.39. The van der Waals surface area contributed by atoms with Crippen molar-refractivity contribution in [3.05, 3.63) is 70.9 Å². The van der Waals surface area contributed by atoms with Crippen LogP contribution in [0.3, 0.4) is 0 Å². The van der Waals surface area contributed by atoms with Crippen molar-refractivity contribution in [1.82, 2.24) is 15.2 Å². The molecule has 9 nitrogen and oxygen atoms in total. The number of anilines is 1. The van der Waals surface area contributed by atoms with Crippen molar-refractivity contribution in [1.29, 1.82) is 0 Å². The number of ether oxygens (including phenoxy) is 1. The maximum atomic E-state index is 13.4. The number of amides is 5. The third kappa shape index (κ3) is 4.92.